The van der Waals surface area contributed by atoms with Crippen LogP contribution in [0.5, 0.6) is 0 Å². The molecular weight excluding hydrogens is 206 g/mol. The Labute approximate surface area is 94.2 Å². The minimum atomic E-state index is -0.837. The molecule has 4 nitrogen and oxygen atoms in total. The molecule has 2 N–H and O–H groups in total. The third-order valence-electron chi connectivity index (χ3n) is 2.74. The van der Waals surface area contributed by atoms with E-state index in [1.807, 2.05) is 30.3 Å². The van der Waals surface area contributed by atoms with E-state index in [1.165, 1.54) is 0 Å². The van der Waals surface area contributed by atoms with Crippen molar-refractivity contribution in [1.82, 2.24) is 5.32 Å². The van der Waals surface area contributed by atoms with Gasteiger partial charge in [0.05, 0.1) is 12.7 Å². The summed E-state index contributed by atoms with van der Waals surface area (Å²) in [6.45, 7) is 1.17. The molecule has 0 aliphatic carbocycles. The van der Waals surface area contributed by atoms with Crippen molar-refractivity contribution in [3.8, 4) is 0 Å². The van der Waals surface area contributed by atoms with Crippen LogP contribution in [0.15, 0.2) is 30.3 Å². The van der Waals surface area contributed by atoms with Gasteiger partial charge in [-0.15, -0.1) is 0 Å². The van der Waals surface area contributed by atoms with Gasteiger partial charge in [0.15, 0.2) is 0 Å². The fraction of sp³-hybridized carbons (Fsp3) is 0.417. The lowest BCUT2D eigenvalue weighted by Gasteiger charge is -2.16. The van der Waals surface area contributed by atoms with Crippen LogP contribution >= 0.6 is 0 Å². The first kappa shape index (κ1) is 11.1. The smallest absolute Gasteiger partial charge is 0.323 e. The highest BCUT2D eigenvalue weighted by atomic mass is 16.5. The summed E-state index contributed by atoms with van der Waals surface area (Å²) in [5, 5.41) is 11.9. The van der Waals surface area contributed by atoms with E-state index < -0.39 is 12.0 Å². The van der Waals surface area contributed by atoms with Crippen LogP contribution in [0.2, 0.25) is 0 Å². The minimum absolute atomic E-state index is 0.224. The van der Waals surface area contributed by atoms with E-state index in [0.717, 1.165) is 12.0 Å². The molecular formula is C12H15NO3. The van der Waals surface area contributed by atoms with Gasteiger partial charge in [-0.3, -0.25) is 4.79 Å². The third-order valence-corrected chi connectivity index (χ3v) is 2.74. The van der Waals surface area contributed by atoms with Gasteiger partial charge >= 0.3 is 5.97 Å². The molecule has 0 amide bonds. The van der Waals surface area contributed by atoms with Crippen molar-refractivity contribution in [2.24, 2.45) is 0 Å². The van der Waals surface area contributed by atoms with Gasteiger partial charge in [-0.25, -0.2) is 0 Å². The lowest BCUT2D eigenvalue weighted by Crippen LogP contribution is -2.39. The van der Waals surface area contributed by atoms with Crippen LogP contribution in [0.1, 0.15) is 12.0 Å². The summed E-state index contributed by atoms with van der Waals surface area (Å²) < 4.78 is 5.62. The van der Waals surface area contributed by atoms with Crippen molar-refractivity contribution in [2.75, 3.05) is 6.54 Å². The first-order valence-electron chi connectivity index (χ1n) is 5.39. The van der Waals surface area contributed by atoms with Gasteiger partial charge in [0.25, 0.3) is 0 Å². The zero-order valence-electron chi connectivity index (χ0n) is 8.93. The van der Waals surface area contributed by atoms with Crippen molar-refractivity contribution in [1.29, 1.82) is 0 Å². The standard InChI is InChI=1S/C12H15NO3/c14-12(15)11-10(6-7-13-11)16-8-9-4-2-1-3-5-9/h1-5,10-11,13H,6-8H2,(H,14,15). The van der Waals surface area contributed by atoms with Crippen LogP contribution < -0.4 is 5.32 Å². The second-order valence-electron chi connectivity index (χ2n) is 3.89. The van der Waals surface area contributed by atoms with Crippen molar-refractivity contribution in [3.05, 3.63) is 35.9 Å². The number of rotatable bonds is 4. The number of hydrogen-bond donors (Lipinski definition) is 2. The van der Waals surface area contributed by atoms with Gasteiger partial charge in [-0.1, -0.05) is 30.3 Å². The number of hydrogen-bond acceptors (Lipinski definition) is 3. The normalized spacial score (nSPS) is 24.5. The van der Waals surface area contributed by atoms with Crippen molar-refractivity contribution >= 4 is 5.97 Å². The number of carbonyl (C=O) groups is 1. The number of aliphatic carboxylic acids is 1. The minimum Gasteiger partial charge on any atom is -0.480 e. The first-order valence-corrected chi connectivity index (χ1v) is 5.39. The van der Waals surface area contributed by atoms with Crippen molar-refractivity contribution < 1.29 is 14.6 Å². The molecule has 1 aliphatic heterocycles. The molecule has 0 aromatic heterocycles. The average Bonchev–Trinajstić information content (AvgIpc) is 2.76. The molecule has 86 valence electrons. The van der Waals surface area contributed by atoms with E-state index in [-0.39, 0.29) is 6.10 Å². The average molecular weight is 221 g/mol. The Hall–Kier alpha value is -1.39. The Morgan fingerprint density at radius 1 is 1.44 bits per heavy atom. The van der Waals surface area contributed by atoms with Crippen LogP contribution in [0.25, 0.3) is 0 Å². The number of carboxylic acids is 1. The number of nitrogens with one attached hydrogen (secondary N) is 1. The maximum absolute atomic E-state index is 10.9. The molecule has 1 aliphatic rings. The van der Waals surface area contributed by atoms with Gasteiger partial charge in [0.2, 0.25) is 0 Å². The Balaban J connectivity index is 1.88. The highest BCUT2D eigenvalue weighted by Gasteiger charge is 2.33. The predicted molar refractivity (Wildman–Crippen MR) is 59.1 cm³/mol. The zero-order chi connectivity index (χ0) is 11.4. The lowest BCUT2D eigenvalue weighted by molar-refractivity contribution is -0.142. The van der Waals surface area contributed by atoms with Gasteiger partial charge in [-0.05, 0) is 18.5 Å². The molecule has 0 saturated carbocycles. The van der Waals surface area contributed by atoms with Crippen LogP contribution in [-0.2, 0) is 16.1 Å². The Morgan fingerprint density at radius 2 is 2.19 bits per heavy atom. The van der Waals surface area contributed by atoms with Crippen LogP contribution in [0.3, 0.4) is 0 Å². The number of benzene rings is 1. The lowest BCUT2D eigenvalue weighted by atomic mass is 10.1. The van der Waals surface area contributed by atoms with Gasteiger partial charge in [0, 0.05) is 0 Å². The molecule has 2 unspecified atom stereocenters. The summed E-state index contributed by atoms with van der Waals surface area (Å²) in [5.74, 6) is -0.837. The third kappa shape index (κ3) is 2.59. The van der Waals surface area contributed by atoms with E-state index in [1.54, 1.807) is 0 Å². The Morgan fingerprint density at radius 3 is 2.88 bits per heavy atom. The SMILES string of the molecule is O=C(O)C1NCCC1OCc1ccccc1. The summed E-state index contributed by atoms with van der Waals surface area (Å²) in [7, 11) is 0. The molecule has 1 saturated heterocycles. The summed E-state index contributed by atoms with van der Waals surface area (Å²) in [6, 6.07) is 9.21. The van der Waals surface area contributed by atoms with E-state index in [9.17, 15) is 4.79 Å². The van der Waals surface area contributed by atoms with Crippen LogP contribution in [-0.4, -0.2) is 29.8 Å². The largest absolute Gasteiger partial charge is 0.480 e. The number of carboxylic acid groups (broad SMARTS) is 1. The van der Waals surface area contributed by atoms with E-state index in [2.05, 4.69) is 5.32 Å². The quantitative estimate of drug-likeness (QED) is 0.797. The summed E-state index contributed by atoms with van der Waals surface area (Å²) >= 11 is 0. The molecule has 1 aromatic rings. The molecule has 0 radical (unpaired) electrons. The van der Waals surface area contributed by atoms with Gasteiger partial charge in [-0.2, -0.15) is 0 Å². The summed E-state index contributed by atoms with van der Waals surface area (Å²) in [4.78, 5) is 10.9. The van der Waals surface area contributed by atoms with E-state index >= 15 is 0 Å². The predicted octanol–water partition coefficient (Wildman–Crippen LogP) is 1.02. The van der Waals surface area contributed by atoms with Crippen molar-refractivity contribution in [2.45, 2.75) is 25.2 Å². The monoisotopic (exact) mass is 221 g/mol. The highest BCUT2D eigenvalue weighted by Crippen LogP contribution is 2.14. The fourth-order valence-electron chi connectivity index (χ4n) is 1.88. The molecule has 16 heavy (non-hydrogen) atoms. The molecule has 0 bridgehead atoms. The van der Waals surface area contributed by atoms with Crippen LogP contribution in [0, 0.1) is 0 Å². The molecule has 1 fully saturated rings. The van der Waals surface area contributed by atoms with Gasteiger partial charge < -0.3 is 15.2 Å². The van der Waals surface area contributed by atoms with E-state index in [0.29, 0.717) is 13.2 Å². The molecule has 2 atom stereocenters. The van der Waals surface area contributed by atoms with Crippen LogP contribution in [0.4, 0.5) is 0 Å². The molecule has 0 spiro atoms. The molecule has 4 heteroatoms. The second-order valence-corrected chi connectivity index (χ2v) is 3.89. The van der Waals surface area contributed by atoms with Gasteiger partial charge in [0.1, 0.15) is 6.04 Å². The first-order chi connectivity index (χ1) is 7.77. The maximum atomic E-state index is 10.9. The Bertz CT molecular complexity index is 353. The topological polar surface area (TPSA) is 58.6 Å². The molecule has 2 rings (SSSR count). The summed E-state index contributed by atoms with van der Waals surface area (Å²) in [6.07, 6.45) is 0.529. The maximum Gasteiger partial charge on any atom is 0.323 e. The van der Waals surface area contributed by atoms with E-state index in [4.69, 9.17) is 9.84 Å². The summed E-state index contributed by atoms with van der Waals surface area (Å²) in [5.41, 5.74) is 1.07. The zero-order valence-corrected chi connectivity index (χ0v) is 8.93. The second kappa shape index (κ2) is 5.09. The molecule has 1 heterocycles. The number of ether oxygens (including phenoxy) is 1. The van der Waals surface area contributed by atoms with Crippen molar-refractivity contribution in [3.63, 3.8) is 0 Å². The fourth-order valence-corrected chi connectivity index (χ4v) is 1.88. The highest BCUT2D eigenvalue weighted by molar-refractivity contribution is 5.74. The molecule has 1 aromatic carbocycles. The Kier molecular flexibility index (Phi) is 3.54.